The van der Waals surface area contributed by atoms with Crippen molar-refractivity contribution in [2.45, 2.75) is 12.5 Å². The Labute approximate surface area is 124 Å². The van der Waals surface area contributed by atoms with E-state index in [2.05, 4.69) is 5.32 Å². The zero-order chi connectivity index (χ0) is 14.7. The number of nitrogens with one attached hydrogen (secondary N) is 1. The molecule has 0 fully saturated rings. The zero-order valence-electron chi connectivity index (χ0n) is 11.9. The molecule has 2 aromatic carbocycles. The summed E-state index contributed by atoms with van der Waals surface area (Å²) in [7, 11) is 0. The highest BCUT2D eigenvalue weighted by Crippen LogP contribution is 2.36. The highest BCUT2D eigenvalue weighted by molar-refractivity contribution is 5.93. The maximum Gasteiger partial charge on any atom is 0.340 e. The Morgan fingerprint density at radius 2 is 1.81 bits per heavy atom. The maximum absolute atomic E-state index is 12.6. The van der Waals surface area contributed by atoms with Gasteiger partial charge in [-0.3, -0.25) is 0 Å². The van der Waals surface area contributed by atoms with E-state index in [1.54, 1.807) is 0 Å². The van der Waals surface area contributed by atoms with Gasteiger partial charge in [0.1, 0.15) is 0 Å². The Balaban J connectivity index is 2.10. The monoisotopic (exact) mass is 279 g/mol. The molecule has 0 radical (unpaired) electrons. The lowest BCUT2D eigenvalue weighted by Crippen LogP contribution is -2.44. The molecule has 0 spiro atoms. The number of hydrogen-bond acceptors (Lipinski definition) is 3. The van der Waals surface area contributed by atoms with Gasteiger partial charge in [-0.25, -0.2) is 4.79 Å². The van der Waals surface area contributed by atoms with Crippen LogP contribution in [0.4, 0.5) is 5.69 Å². The van der Waals surface area contributed by atoms with Crippen LogP contribution in [0.3, 0.4) is 0 Å². The summed E-state index contributed by atoms with van der Waals surface area (Å²) in [4.78, 5) is 12.6. The molecule has 0 saturated heterocycles. The normalized spacial score (nSPS) is 19.5. The Bertz CT molecular complexity index is 679. The highest BCUT2D eigenvalue weighted by Gasteiger charge is 2.41. The van der Waals surface area contributed by atoms with Crippen LogP contribution in [0, 0.1) is 0 Å². The van der Waals surface area contributed by atoms with Crippen molar-refractivity contribution < 1.29 is 9.53 Å². The van der Waals surface area contributed by atoms with Gasteiger partial charge in [-0.1, -0.05) is 54.6 Å². The number of para-hydroxylation sites is 1. The quantitative estimate of drug-likeness (QED) is 0.873. The number of fused-ring (bicyclic) bond motifs is 1. The summed E-state index contributed by atoms with van der Waals surface area (Å²) in [5.74, 6) is -0.290. The van der Waals surface area contributed by atoms with Crippen molar-refractivity contribution in [3.8, 4) is 0 Å². The first-order valence-corrected chi connectivity index (χ1v) is 7.05. The van der Waals surface area contributed by atoms with Gasteiger partial charge in [0, 0.05) is 5.69 Å². The van der Waals surface area contributed by atoms with Crippen LogP contribution in [0.25, 0.3) is 6.08 Å². The van der Waals surface area contributed by atoms with Crippen LogP contribution in [0.1, 0.15) is 18.1 Å². The second kappa shape index (κ2) is 5.44. The molecule has 1 aliphatic rings. The Morgan fingerprint density at radius 1 is 1.10 bits per heavy atom. The predicted molar refractivity (Wildman–Crippen MR) is 83.9 cm³/mol. The third-order valence-electron chi connectivity index (χ3n) is 3.63. The fourth-order valence-electron chi connectivity index (χ4n) is 2.58. The second-order valence-corrected chi connectivity index (χ2v) is 4.94. The lowest BCUT2D eigenvalue weighted by Gasteiger charge is -2.34. The van der Waals surface area contributed by atoms with Crippen molar-refractivity contribution in [3.05, 3.63) is 71.8 Å². The predicted octanol–water partition coefficient (Wildman–Crippen LogP) is 3.58. The van der Waals surface area contributed by atoms with Gasteiger partial charge in [0.2, 0.25) is 0 Å². The second-order valence-electron chi connectivity index (χ2n) is 4.94. The Kier molecular flexibility index (Phi) is 3.48. The summed E-state index contributed by atoms with van der Waals surface area (Å²) < 4.78 is 5.30. The fourth-order valence-corrected chi connectivity index (χ4v) is 2.58. The average Bonchev–Trinajstić information content (AvgIpc) is 2.55. The van der Waals surface area contributed by atoms with Gasteiger partial charge in [0.15, 0.2) is 5.54 Å². The molecule has 21 heavy (non-hydrogen) atoms. The van der Waals surface area contributed by atoms with Crippen molar-refractivity contribution in [1.82, 2.24) is 0 Å². The molecule has 0 aromatic heterocycles. The summed E-state index contributed by atoms with van der Waals surface area (Å²) in [6.45, 7) is 2.17. The van der Waals surface area contributed by atoms with E-state index in [0.29, 0.717) is 6.61 Å². The van der Waals surface area contributed by atoms with Crippen molar-refractivity contribution in [1.29, 1.82) is 0 Å². The highest BCUT2D eigenvalue weighted by atomic mass is 16.5. The number of rotatable bonds is 3. The number of carbonyl (C=O) groups is 1. The summed E-state index contributed by atoms with van der Waals surface area (Å²) in [6, 6.07) is 17.6. The van der Waals surface area contributed by atoms with Gasteiger partial charge in [-0.2, -0.15) is 0 Å². The SMILES string of the molecule is CCOC(=O)C1(c2ccccc2)C=Cc2ccccc2N1. The van der Waals surface area contributed by atoms with Crippen LogP contribution in [0.2, 0.25) is 0 Å². The van der Waals surface area contributed by atoms with Crippen molar-refractivity contribution >= 4 is 17.7 Å². The van der Waals surface area contributed by atoms with Crippen LogP contribution in [0.15, 0.2) is 60.7 Å². The topological polar surface area (TPSA) is 38.3 Å². The van der Waals surface area contributed by atoms with Crippen molar-refractivity contribution in [2.24, 2.45) is 0 Å². The number of anilines is 1. The molecule has 3 heteroatoms. The van der Waals surface area contributed by atoms with Crippen LogP contribution >= 0.6 is 0 Å². The van der Waals surface area contributed by atoms with Gasteiger partial charge >= 0.3 is 5.97 Å². The molecule has 0 bridgehead atoms. The lowest BCUT2D eigenvalue weighted by atomic mass is 9.85. The van der Waals surface area contributed by atoms with E-state index in [1.165, 1.54) is 0 Å². The Hall–Kier alpha value is -2.55. The van der Waals surface area contributed by atoms with Gasteiger partial charge in [-0.15, -0.1) is 0 Å². The van der Waals surface area contributed by atoms with Crippen LogP contribution < -0.4 is 5.32 Å². The number of hydrogen-bond donors (Lipinski definition) is 1. The summed E-state index contributed by atoms with van der Waals surface area (Å²) >= 11 is 0. The molecule has 106 valence electrons. The molecule has 0 aliphatic carbocycles. The third kappa shape index (κ3) is 2.31. The molecule has 2 aromatic rings. The number of benzene rings is 2. The van der Waals surface area contributed by atoms with Crippen molar-refractivity contribution in [3.63, 3.8) is 0 Å². The standard InChI is InChI=1S/C18H17NO2/c1-2-21-17(20)18(15-9-4-3-5-10-15)13-12-14-8-6-7-11-16(14)19-18/h3-13,19H,2H2,1H3. The van der Waals surface area contributed by atoms with Crippen LogP contribution in [0.5, 0.6) is 0 Å². The minimum absolute atomic E-state index is 0.290. The molecule has 1 unspecified atom stereocenters. The Morgan fingerprint density at radius 3 is 2.57 bits per heavy atom. The first kappa shape index (κ1) is 13.4. The smallest absolute Gasteiger partial charge is 0.340 e. The van der Waals surface area contributed by atoms with E-state index >= 15 is 0 Å². The van der Waals surface area contributed by atoms with Gasteiger partial charge < -0.3 is 10.1 Å². The van der Waals surface area contributed by atoms with E-state index in [-0.39, 0.29) is 5.97 Å². The summed E-state index contributed by atoms with van der Waals surface area (Å²) in [5.41, 5.74) is 1.89. The molecule has 0 saturated carbocycles. The van der Waals surface area contributed by atoms with Gasteiger partial charge in [0.05, 0.1) is 6.61 Å². The van der Waals surface area contributed by atoms with Crippen LogP contribution in [-0.2, 0) is 15.1 Å². The summed E-state index contributed by atoms with van der Waals surface area (Å²) in [5, 5.41) is 3.35. The number of ether oxygens (including phenoxy) is 1. The molecular weight excluding hydrogens is 262 g/mol. The fraction of sp³-hybridized carbons (Fsp3) is 0.167. The molecule has 1 N–H and O–H groups in total. The molecule has 3 nitrogen and oxygen atoms in total. The molecule has 1 aliphatic heterocycles. The molecule has 0 amide bonds. The van der Waals surface area contributed by atoms with Crippen LogP contribution in [-0.4, -0.2) is 12.6 Å². The molecule has 1 atom stereocenters. The first-order chi connectivity index (χ1) is 10.3. The van der Waals surface area contributed by atoms with E-state index < -0.39 is 5.54 Å². The average molecular weight is 279 g/mol. The lowest BCUT2D eigenvalue weighted by molar-refractivity contribution is -0.147. The maximum atomic E-state index is 12.6. The summed E-state index contributed by atoms with van der Waals surface area (Å²) in [6.07, 6.45) is 3.85. The largest absolute Gasteiger partial charge is 0.464 e. The molecule has 3 rings (SSSR count). The number of carbonyl (C=O) groups excluding carboxylic acids is 1. The van der Waals surface area contributed by atoms with E-state index in [1.807, 2.05) is 73.7 Å². The van der Waals surface area contributed by atoms with Gasteiger partial charge in [-0.05, 0) is 30.2 Å². The minimum atomic E-state index is -0.967. The van der Waals surface area contributed by atoms with E-state index in [0.717, 1.165) is 16.8 Å². The first-order valence-electron chi connectivity index (χ1n) is 7.05. The zero-order valence-corrected chi connectivity index (χ0v) is 11.9. The van der Waals surface area contributed by atoms with E-state index in [4.69, 9.17) is 4.74 Å². The van der Waals surface area contributed by atoms with Crippen molar-refractivity contribution in [2.75, 3.05) is 11.9 Å². The third-order valence-corrected chi connectivity index (χ3v) is 3.63. The number of esters is 1. The minimum Gasteiger partial charge on any atom is -0.464 e. The molecular formula is C18H17NO2. The van der Waals surface area contributed by atoms with E-state index in [9.17, 15) is 4.79 Å². The van der Waals surface area contributed by atoms with Gasteiger partial charge in [0.25, 0.3) is 0 Å². The molecule has 1 heterocycles.